The maximum absolute atomic E-state index is 10.6. The number of nitrogen functional groups attached to an aromatic ring is 1. The van der Waals surface area contributed by atoms with E-state index in [2.05, 4.69) is 9.97 Å². The quantitative estimate of drug-likeness (QED) is 0.849. The fourth-order valence-electron chi connectivity index (χ4n) is 1.44. The number of anilines is 1. The van der Waals surface area contributed by atoms with E-state index >= 15 is 0 Å². The lowest BCUT2D eigenvalue weighted by atomic mass is 10.2. The number of alkyl halides is 3. The number of ether oxygens (including phenoxy) is 1. The first kappa shape index (κ1) is 19.5. The third-order valence-corrected chi connectivity index (χ3v) is 2.89. The van der Waals surface area contributed by atoms with E-state index in [1.54, 1.807) is 31.5 Å². The fourth-order valence-corrected chi connectivity index (χ4v) is 1.61. The van der Waals surface area contributed by atoms with Gasteiger partial charge in [0, 0.05) is 16.8 Å². The molecule has 24 heavy (non-hydrogen) atoms. The normalized spacial score (nSPS) is 10.6. The van der Waals surface area contributed by atoms with Crippen LogP contribution in [-0.2, 0) is 4.79 Å². The number of hydrogen-bond acceptors (Lipinski definition) is 5. The number of carboxylic acids is 1. The number of halogens is 4. The smallest absolute Gasteiger partial charge is 0.490 e. The molecule has 0 aliphatic rings. The number of aryl methyl sites for hydroxylation is 1. The number of benzene rings is 1. The van der Waals surface area contributed by atoms with Crippen LogP contribution < -0.4 is 10.5 Å². The standard InChI is InChI=1S/C12H12ClN3O.C2HF3O2/c1-7-6-15-12(16-11(7)14)9-5-8(13)3-4-10(9)17-2;3-2(4,5)1(6)7/h3-6H,1-2H3,(H2,14,15,16);(H,6,7). The first-order chi connectivity index (χ1) is 11.1. The molecule has 0 bridgehead atoms. The summed E-state index contributed by atoms with van der Waals surface area (Å²) >= 11 is 5.95. The number of carboxylic acid groups (broad SMARTS) is 1. The number of nitrogens with two attached hydrogens (primary N) is 1. The van der Waals surface area contributed by atoms with Crippen LogP contribution in [0.2, 0.25) is 5.02 Å². The second-order valence-corrected chi connectivity index (χ2v) is 4.85. The van der Waals surface area contributed by atoms with Crippen molar-refractivity contribution in [3.05, 3.63) is 35.0 Å². The van der Waals surface area contributed by atoms with Gasteiger partial charge >= 0.3 is 12.1 Å². The Bertz CT molecular complexity index is 739. The predicted molar refractivity (Wildman–Crippen MR) is 81.9 cm³/mol. The van der Waals surface area contributed by atoms with Crippen LogP contribution in [0.15, 0.2) is 24.4 Å². The number of methoxy groups -OCH3 is 1. The van der Waals surface area contributed by atoms with E-state index in [4.69, 9.17) is 32.0 Å². The van der Waals surface area contributed by atoms with Gasteiger partial charge in [0.1, 0.15) is 11.6 Å². The molecule has 6 nitrogen and oxygen atoms in total. The zero-order valence-corrected chi connectivity index (χ0v) is 13.3. The van der Waals surface area contributed by atoms with E-state index in [-0.39, 0.29) is 0 Å². The third-order valence-electron chi connectivity index (χ3n) is 2.66. The summed E-state index contributed by atoms with van der Waals surface area (Å²) in [5, 5.41) is 7.73. The first-order valence-corrected chi connectivity index (χ1v) is 6.67. The SMILES string of the molecule is COc1ccc(Cl)cc1-c1ncc(C)c(N)n1.O=C(O)C(F)(F)F. The number of aliphatic carboxylic acids is 1. The Balaban J connectivity index is 0.000000351. The van der Waals surface area contributed by atoms with Crippen molar-refractivity contribution in [2.75, 3.05) is 12.8 Å². The molecule has 1 heterocycles. The number of rotatable bonds is 2. The van der Waals surface area contributed by atoms with Crippen LogP contribution in [0.5, 0.6) is 5.75 Å². The van der Waals surface area contributed by atoms with Crippen molar-refractivity contribution in [1.82, 2.24) is 9.97 Å². The highest BCUT2D eigenvalue weighted by Crippen LogP contribution is 2.30. The van der Waals surface area contributed by atoms with Crippen LogP contribution in [0.4, 0.5) is 19.0 Å². The third kappa shape index (κ3) is 5.27. The van der Waals surface area contributed by atoms with Crippen molar-refractivity contribution in [3.8, 4) is 17.1 Å². The van der Waals surface area contributed by atoms with E-state index < -0.39 is 12.1 Å². The van der Waals surface area contributed by atoms with Gasteiger partial charge in [0.25, 0.3) is 0 Å². The Morgan fingerprint density at radius 1 is 1.38 bits per heavy atom. The molecule has 0 atom stereocenters. The molecule has 0 radical (unpaired) electrons. The van der Waals surface area contributed by atoms with Crippen molar-refractivity contribution < 1.29 is 27.8 Å². The largest absolute Gasteiger partial charge is 0.496 e. The second-order valence-electron chi connectivity index (χ2n) is 4.41. The van der Waals surface area contributed by atoms with Crippen LogP contribution in [-0.4, -0.2) is 34.3 Å². The van der Waals surface area contributed by atoms with Crippen molar-refractivity contribution in [1.29, 1.82) is 0 Å². The number of hydrogen-bond donors (Lipinski definition) is 2. The molecule has 1 aromatic carbocycles. The average Bonchev–Trinajstić information content (AvgIpc) is 2.49. The lowest BCUT2D eigenvalue weighted by Gasteiger charge is -2.08. The first-order valence-electron chi connectivity index (χ1n) is 6.29. The molecule has 10 heteroatoms. The zero-order valence-electron chi connectivity index (χ0n) is 12.6. The van der Waals surface area contributed by atoms with E-state index in [9.17, 15) is 13.2 Å². The van der Waals surface area contributed by atoms with Crippen molar-refractivity contribution >= 4 is 23.4 Å². The highest BCUT2D eigenvalue weighted by molar-refractivity contribution is 6.30. The van der Waals surface area contributed by atoms with E-state index in [1.165, 1.54) is 0 Å². The Hall–Kier alpha value is -2.55. The Labute approximate surface area is 140 Å². The summed E-state index contributed by atoms with van der Waals surface area (Å²) < 4.78 is 37.0. The Kier molecular flexibility index (Phi) is 6.35. The van der Waals surface area contributed by atoms with Gasteiger partial charge in [0.15, 0.2) is 5.82 Å². The topological polar surface area (TPSA) is 98.3 Å². The minimum atomic E-state index is -5.08. The van der Waals surface area contributed by atoms with Gasteiger partial charge in [0.2, 0.25) is 0 Å². The molecular weight excluding hydrogens is 351 g/mol. The Morgan fingerprint density at radius 3 is 2.42 bits per heavy atom. The van der Waals surface area contributed by atoms with Crippen LogP contribution in [0.25, 0.3) is 11.4 Å². The van der Waals surface area contributed by atoms with E-state index in [1.807, 2.05) is 6.92 Å². The lowest BCUT2D eigenvalue weighted by Crippen LogP contribution is -2.21. The van der Waals surface area contributed by atoms with Gasteiger partial charge in [-0.2, -0.15) is 13.2 Å². The highest BCUT2D eigenvalue weighted by atomic mass is 35.5. The summed E-state index contributed by atoms with van der Waals surface area (Å²) in [6.07, 6.45) is -3.40. The van der Waals surface area contributed by atoms with E-state index in [0.717, 1.165) is 11.1 Å². The molecule has 0 amide bonds. The van der Waals surface area contributed by atoms with E-state index in [0.29, 0.717) is 22.4 Å². The molecule has 1 aromatic heterocycles. The molecule has 3 N–H and O–H groups in total. The monoisotopic (exact) mass is 363 g/mol. The number of nitrogens with zero attached hydrogens (tertiary/aromatic N) is 2. The molecule has 0 saturated heterocycles. The van der Waals surface area contributed by atoms with Crippen LogP contribution in [0.3, 0.4) is 0 Å². The van der Waals surface area contributed by atoms with Gasteiger partial charge in [-0.3, -0.25) is 0 Å². The van der Waals surface area contributed by atoms with Crippen LogP contribution in [0, 0.1) is 6.92 Å². The van der Waals surface area contributed by atoms with Crippen molar-refractivity contribution in [2.45, 2.75) is 13.1 Å². The van der Waals surface area contributed by atoms with Gasteiger partial charge in [-0.15, -0.1) is 0 Å². The summed E-state index contributed by atoms with van der Waals surface area (Å²) in [6, 6.07) is 5.28. The van der Waals surface area contributed by atoms with Crippen LogP contribution in [0.1, 0.15) is 5.56 Å². The van der Waals surface area contributed by atoms with Gasteiger partial charge in [-0.25, -0.2) is 14.8 Å². The summed E-state index contributed by atoms with van der Waals surface area (Å²) in [7, 11) is 1.59. The molecule has 0 spiro atoms. The minimum absolute atomic E-state index is 0.456. The van der Waals surface area contributed by atoms with Crippen molar-refractivity contribution in [3.63, 3.8) is 0 Å². The minimum Gasteiger partial charge on any atom is -0.496 e. The summed E-state index contributed by atoms with van der Waals surface area (Å²) in [5.74, 6) is -1.13. The average molecular weight is 364 g/mol. The van der Waals surface area contributed by atoms with Gasteiger partial charge in [-0.1, -0.05) is 11.6 Å². The molecule has 130 valence electrons. The molecule has 0 aliphatic carbocycles. The molecule has 0 saturated carbocycles. The molecule has 2 aromatic rings. The zero-order chi connectivity index (χ0) is 18.5. The molecule has 0 unspecified atom stereocenters. The predicted octanol–water partition coefficient (Wildman–Crippen LogP) is 3.33. The van der Waals surface area contributed by atoms with Gasteiger partial charge < -0.3 is 15.6 Å². The number of aromatic nitrogens is 2. The molecule has 2 rings (SSSR count). The summed E-state index contributed by atoms with van der Waals surface area (Å²) in [4.78, 5) is 17.3. The fraction of sp³-hybridized carbons (Fsp3) is 0.214. The second kappa shape index (κ2) is 7.82. The molecule has 0 aliphatic heterocycles. The van der Waals surface area contributed by atoms with Gasteiger partial charge in [-0.05, 0) is 25.1 Å². The van der Waals surface area contributed by atoms with Crippen LogP contribution >= 0.6 is 11.6 Å². The molecular formula is C14H13ClF3N3O3. The highest BCUT2D eigenvalue weighted by Gasteiger charge is 2.38. The maximum atomic E-state index is 10.6. The summed E-state index contributed by atoms with van der Waals surface area (Å²) in [6.45, 7) is 1.86. The lowest BCUT2D eigenvalue weighted by molar-refractivity contribution is -0.192. The Morgan fingerprint density at radius 2 is 1.96 bits per heavy atom. The van der Waals surface area contributed by atoms with Crippen molar-refractivity contribution in [2.24, 2.45) is 0 Å². The summed E-state index contributed by atoms with van der Waals surface area (Å²) in [5.41, 5.74) is 7.33. The maximum Gasteiger partial charge on any atom is 0.490 e. The van der Waals surface area contributed by atoms with Gasteiger partial charge in [0.05, 0.1) is 12.7 Å². The molecule has 0 fully saturated rings. The number of carbonyl (C=O) groups is 1.